The number of hydrogen-bond acceptors (Lipinski definition) is 3. The first-order valence-corrected chi connectivity index (χ1v) is 10.8. The molecule has 0 fully saturated rings. The molecule has 0 unspecified atom stereocenters. The first-order valence-electron chi connectivity index (χ1n) is 9.37. The van der Waals surface area contributed by atoms with Gasteiger partial charge in [-0.1, -0.05) is 39.0 Å². The number of anilines is 1. The van der Waals surface area contributed by atoms with Gasteiger partial charge in [-0.15, -0.1) is 0 Å². The molecular formula is C20H25F3N2O2S. The Morgan fingerprint density at radius 3 is 2.18 bits per heavy atom. The Balaban J connectivity index is 2.21. The number of nitrogens with zero attached hydrogens (tertiary/aromatic N) is 2. The van der Waals surface area contributed by atoms with Gasteiger partial charge in [0.15, 0.2) is 0 Å². The van der Waals surface area contributed by atoms with Crippen LogP contribution >= 0.6 is 0 Å². The summed E-state index contributed by atoms with van der Waals surface area (Å²) in [6, 6.07) is 6.85. The SMILES string of the molecule is CCCCCCCCN(c1cccnc1)S(=O)(=O)c1ccc(C(F)(F)F)cc1. The van der Waals surface area contributed by atoms with Gasteiger partial charge in [-0.2, -0.15) is 13.2 Å². The summed E-state index contributed by atoms with van der Waals surface area (Å²) in [5, 5.41) is 0. The molecule has 0 amide bonds. The van der Waals surface area contributed by atoms with Crippen LogP contribution in [0.4, 0.5) is 18.9 Å². The van der Waals surface area contributed by atoms with Gasteiger partial charge < -0.3 is 0 Å². The number of pyridine rings is 1. The minimum atomic E-state index is -4.51. The Morgan fingerprint density at radius 2 is 1.61 bits per heavy atom. The van der Waals surface area contributed by atoms with Gasteiger partial charge in [-0.3, -0.25) is 9.29 Å². The minimum Gasteiger partial charge on any atom is -0.265 e. The van der Waals surface area contributed by atoms with Crippen molar-refractivity contribution in [3.63, 3.8) is 0 Å². The Morgan fingerprint density at radius 1 is 0.964 bits per heavy atom. The van der Waals surface area contributed by atoms with Gasteiger partial charge >= 0.3 is 6.18 Å². The van der Waals surface area contributed by atoms with Crippen LogP contribution in [0.3, 0.4) is 0 Å². The second-order valence-corrected chi connectivity index (χ2v) is 8.44. The molecule has 1 heterocycles. The van der Waals surface area contributed by atoms with Crippen molar-refractivity contribution < 1.29 is 21.6 Å². The standard InChI is InChI=1S/C20H25F3N2O2S/c1-2-3-4-5-6-7-15-25(18-9-8-14-24-16-18)28(26,27)19-12-10-17(11-13-19)20(21,22)23/h8-14,16H,2-7,15H2,1H3. The molecule has 154 valence electrons. The molecule has 0 aliphatic carbocycles. The lowest BCUT2D eigenvalue weighted by Gasteiger charge is -2.24. The summed E-state index contributed by atoms with van der Waals surface area (Å²) in [6.45, 7) is 2.38. The van der Waals surface area contributed by atoms with Crippen molar-refractivity contribution in [3.8, 4) is 0 Å². The van der Waals surface area contributed by atoms with E-state index in [0.29, 0.717) is 12.1 Å². The van der Waals surface area contributed by atoms with E-state index in [4.69, 9.17) is 0 Å². The predicted octanol–water partition coefficient (Wildman–Crippen LogP) is 5.66. The fourth-order valence-electron chi connectivity index (χ4n) is 2.87. The number of halogens is 3. The molecule has 1 aromatic heterocycles. The zero-order valence-corrected chi connectivity index (χ0v) is 16.6. The molecule has 4 nitrogen and oxygen atoms in total. The number of aromatic nitrogens is 1. The fourth-order valence-corrected chi connectivity index (χ4v) is 4.36. The van der Waals surface area contributed by atoms with Crippen molar-refractivity contribution in [2.24, 2.45) is 0 Å². The van der Waals surface area contributed by atoms with Crippen LogP contribution in [-0.2, 0) is 16.2 Å². The van der Waals surface area contributed by atoms with E-state index >= 15 is 0 Å². The van der Waals surface area contributed by atoms with Crippen LogP contribution < -0.4 is 4.31 Å². The van der Waals surface area contributed by atoms with Gasteiger partial charge in [0.1, 0.15) is 0 Å². The summed E-state index contributed by atoms with van der Waals surface area (Å²) in [4.78, 5) is 3.80. The van der Waals surface area contributed by atoms with E-state index in [0.717, 1.165) is 56.4 Å². The number of hydrogen-bond donors (Lipinski definition) is 0. The summed E-state index contributed by atoms with van der Waals surface area (Å²) in [7, 11) is -3.99. The maximum absolute atomic E-state index is 13.1. The average Bonchev–Trinajstić information content (AvgIpc) is 2.67. The van der Waals surface area contributed by atoms with Crippen molar-refractivity contribution in [1.29, 1.82) is 0 Å². The first-order chi connectivity index (χ1) is 13.3. The van der Waals surface area contributed by atoms with Crippen molar-refractivity contribution >= 4 is 15.7 Å². The van der Waals surface area contributed by atoms with Crippen LogP contribution in [0.1, 0.15) is 51.0 Å². The van der Waals surface area contributed by atoms with Gasteiger partial charge in [0.25, 0.3) is 10.0 Å². The van der Waals surface area contributed by atoms with E-state index in [1.54, 1.807) is 12.1 Å². The van der Waals surface area contributed by atoms with E-state index in [-0.39, 0.29) is 11.4 Å². The highest BCUT2D eigenvalue weighted by Crippen LogP contribution is 2.31. The van der Waals surface area contributed by atoms with Crippen LogP contribution in [-0.4, -0.2) is 19.9 Å². The topological polar surface area (TPSA) is 50.3 Å². The summed E-state index contributed by atoms with van der Waals surface area (Å²) in [6.07, 6.45) is 4.43. The Hall–Kier alpha value is -2.09. The third-order valence-electron chi connectivity index (χ3n) is 4.42. The molecular weight excluding hydrogens is 389 g/mol. The highest BCUT2D eigenvalue weighted by Gasteiger charge is 2.31. The number of unbranched alkanes of at least 4 members (excludes halogenated alkanes) is 5. The van der Waals surface area contributed by atoms with Gasteiger partial charge in [0.05, 0.1) is 22.3 Å². The molecule has 0 saturated heterocycles. The normalized spacial score (nSPS) is 12.1. The van der Waals surface area contributed by atoms with E-state index in [1.165, 1.54) is 16.7 Å². The lowest BCUT2D eigenvalue weighted by molar-refractivity contribution is -0.137. The molecule has 0 atom stereocenters. The molecule has 0 N–H and O–H groups in total. The predicted molar refractivity (Wildman–Crippen MR) is 104 cm³/mol. The Kier molecular flexibility index (Phi) is 7.86. The quantitative estimate of drug-likeness (QED) is 0.472. The second-order valence-electron chi connectivity index (χ2n) is 6.58. The Bertz CT molecular complexity index is 823. The van der Waals surface area contributed by atoms with Crippen LogP contribution in [0, 0.1) is 0 Å². The maximum atomic E-state index is 13.1. The molecule has 2 aromatic rings. The average molecular weight is 414 g/mol. The van der Waals surface area contributed by atoms with Gasteiger partial charge in [0, 0.05) is 12.7 Å². The lowest BCUT2D eigenvalue weighted by atomic mass is 10.1. The molecule has 0 spiro atoms. The second kappa shape index (κ2) is 9.91. The lowest BCUT2D eigenvalue weighted by Crippen LogP contribution is -2.32. The molecule has 0 radical (unpaired) electrons. The minimum absolute atomic E-state index is 0.171. The highest BCUT2D eigenvalue weighted by molar-refractivity contribution is 7.92. The van der Waals surface area contributed by atoms with E-state index in [1.807, 2.05) is 0 Å². The molecule has 0 bridgehead atoms. The molecule has 28 heavy (non-hydrogen) atoms. The van der Waals surface area contributed by atoms with E-state index in [2.05, 4.69) is 11.9 Å². The van der Waals surface area contributed by atoms with Gasteiger partial charge in [-0.05, 0) is 42.8 Å². The summed E-state index contributed by atoms with van der Waals surface area (Å²) < 4.78 is 65.7. The van der Waals surface area contributed by atoms with Gasteiger partial charge in [0.2, 0.25) is 0 Å². The van der Waals surface area contributed by atoms with E-state index < -0.39 is 21.8 Å². The number of rotatable bonds is 10. The Labute approximate surface area is 164 Å². The third kappa shape index (κ3) is 5.95. The third-order valence-corrected chi connectivity index (χ3v) is 6.26. The van der Waals surface area contributed by atoms with Crippen molar-refractivity contribution in [2.45, 2.75) is 56.5 Å². The molecule has 8 heteroatoms. The fraction of sp³-hybridized carbons (Fsp3) is 0.450. The zero-order valence-electron chi connectivity index (χ0n) is 15.8. The van der Waals surface area contributed by atoms with Gasteiger partial charge in [-0.25, -0.2) is 8.42 Å². The van der Waals surface area contributed by atoms with Crippen LogP contribution in [0.25, 0.3) is 0 Å². The van der Waals surface area contributed by atoms with Crippen LogP contribution in [0.2, 0.25) is 0 Å². The van der Waals surface area contributed by atoms with E-state index in [9.17, 15) is 21.6 Å². The zero-order chi connectivity index (χ0) is 20.6. The molecule has 0 aliphatic heterocycles. The van der Waals surface area contributed by atoms with Crippen molar-refractivity contribution in [1.82, 2.24) is 4.98 Å². The largest absolute Gasteiger partial charge is 0.416 e. The monoisotopic (exact) mass is 414 g/mol. The van der Waals surface area contributed by atoms with Crippen molar-refractivity contribution in [3.05, 3.63) is 54.4 Å². The summed E-state index contributed by atoms with van der Waals surface area (Å²) >= 11 is 0. The smallest absolute Gasteiger partial charge is 0.265 e. The molecule has 2 rings (SSSR count). The number of benzene rings is 1. The summed E-state index contributed by atoms with van der Waals surface area (Å²) in [5.41, 5.74) is -0.480. The first kappa shape index (κ1) is 22.2. The van der Waals surface area contributed by atoms with Crippen molar-refractivity contribution in [2.75, 3.05) is 10.8 Å². The molecule has 0 aliphatic rings. The highest BCUT2D eigenvalue weighted by atomic mass is 32.2. The molecule has 0 saturated carbocycles. The van der Waals surface area contributed by atoms with Crippen LogP contribution in [0.15, 0.2) is 53.7 Å². The van der Waals surface area contributed by atoms with Crippen LogP contribution in [0.5, 0.6) is 0 Å². The number of alkyl halides is 3. The summed E-state index contributed by atoms with van der Waals surface area (Å²) in [5.74, 6) is 0. The maximum Gasteiger partial charge on any atom is 0.416 e. The molecule has 1 aromatic carbocycles. The number of sulfonamides is 1.